The van der Waals surface area contributed by atoms with Gasteiger partial charge in [0.15, 0.2) is 0 Å². The molecule has 35 heavy (non-hydrogen) atoms. The number of benzene rings is 2. The number of rotatable bonds is 11. The van der Waals surface area contributed by atoms with Crippen molar-refractivity contribution >= 4 is 44.3 Å². The second kappa shape index (κ2) is 11.6. The SMILES string of the molecule is CCOC(=O)CCc1ccc(OCc2nc3ccc(OC)cc3n2C)cc1OCc1ccc(Br)s1. The minimum atomic E-state index is -0.223. The summed E-state index contributed by atoms with van der Waals surface area (Å²) in [5.41, 5.74) is 2.78. The van der Waals surface area contributed by atoms with Crippen LogP contribution >= 0.6 is 27.3 Å². The first-order valence-corrected chi connectivity index (χ1v) is 12.9. The van der Waals surface area contributed by atoms with Crippen LogP contribution in [-0.2, 0) is 36.2 Å². The van der Waals surface area contributed by atoms with Gasteiger partial charge in [0.1, 0.15) is 36.3 Å². The van der Waals surface area contributed by atoms with E-state index in [-0.39, 0.29) is 12.4 Å². The van der Waals surface area contributed by atoms with E-state index >= 15 is 0 Å². The third-order valence-corrected chi connectivity index (χ3v) is 7.09. The Bertz CT molecular complexity index is 1320. The van der Waals surface area contributed by atoms with Crippen LogP contribution in [0, 0.1) is 0 Å². The zero-order valence-corrected chi connectivity index (χ0v) is 22.3. The fourth-order valence-corrected chi connectivity index (χ4v) is 5.03. The van der Waals surface area contributed by atoms with Crippen LogP contribution in [-0.4, -0.2) is 29.2 Å². The van der Waals surface area contributed by atoms with E-state index in [2.05, 4.69) is 20.9 Å². The molecule has 4 rings (SSSR count). The Morgan fingerprint density at radius 3 is 2.63 bits per heavy atom. The summed E-state index contributed by atoms with van der Waals surface area (Å²) in [5, 5.41) is 0. The van der Waals surface area contributed by atoms with Crippen LogP contribution < -0.4 is 14.2 Å². The number of esters is 1. The van der Waals surface area contributed by atoms with Gasteiger partial charge in [-0.25, -0.2) is 4.98 Å². The Morgan fingerprint density at radius 1 is 1.06 bits per heavy atom. The first kappa shape index (κ1) is 25.1. The highest BCUT2D eigenvalue weighted by molar-refractivity contribution is 9.11. The van der Waals surface area contributed by atoms with Gasteiger partial charge in [-0.1, -0.05) is 6.07 Å². The van der Waals surface area contributed by atoms with Crippen molar-refractivity contribution in [3.8, 4) is 17.2 Å². The fourth-order valence-electron chi connectivity index (χ4n) is 3.64. The van der Waals surface area contributed by atoms with Crippen LogP contribution in [0.3, 0.4) is 0 Å². The summed E-state index contributed by atoms with van der Waals surface area (Å²) in [6.07, 6.45) is 0.813. The Hall–Kier alpha value is -3.04. The van der Waals surface area contributed by atoms with Crippen LogP contribution in [0.25, 0.3) is 11.0 Å². The molecule has 0 spiro atoms. The highest BCUT2D eigenvalue weighted by atomic mass is 79.9. The molecule has 184 valence electrons. The van der Waals surface area contributed by atoms with Crippen molar-refractivity contribution in [3.63, 3.8) is 0 Å². The monoisotopic (exact) mass is 558 g/mol. The predicted octanol–water partition coefficient (Wildman–Crippen LogP) is 6.06. The third kappa shape index (κ3) is 6.35. The minimum Gasteiger partial charge on any atom is -0.497 e. The van der Waals surface area contributed by atoms with Gasteiger partial charge in [-0.05, 0) is 65.2 Å². The third-order valence-electron chi connectivity index (χ3n) is 5.49. The van der Waals surface area contributed by atoms with Gasteiger partial charge in [0, 0.05) is 30.5 Å². The van der Waals surface area contributed by atoms with Gasteiger partial charge in [-0.3, -0.25) is 4.79 Å². The van der Waals surface area contributed by atoms with E-state index < -0.39 is 0 Å². The van der Waals surface area contributed by atoms with Gasteiger partial charge >= 0.3 is 5.97 Å². The van der Waals surface area contributed by atoms with E-state index in [1.165, 1.54) is 0 Å². The number of carbonyl (C=O) groups is 1. The number of halogens is 1. The number of thiophene rings is 1. The lowest BCUT2D eigenvalue weighted by Crippen LogP contribution is -2.07. The van der Waals surface area contributed by atoms with Crippen LogP contribution in [0.15, 0.2) is 52.3 Å². The van der Waals surface area contributed by atoms with E-state index in [1.807, 2.05) is 60.1 Å². The summed E-state index contributed by atoms with van der Waals surface area (Å²) >= 11 is 5.11. The summed E-state index contributed by atoms with van der Waals surface area (Å²) < 4.78 is 25.7. The number of nitrogens with zero attached hydrogens (tertiary/aromatic N) is 2. The maximum absolute atomic E-state index is 11.9. The van der Waals surface area contributed by atoms with Crippen molar-refractivity contribution in [1.29, 1.82) is 0 Å². The number of hydrogen-bond acceptors (Lipinski definition) is 7. The van der Waals surface area contributed by atoms with Crippen LogP contribution in [0.5, 0.6) is 17.2 Å². The summed E-state index contributed by atoms with van der Waals surface area (Å²) in [6, 6.07) is 15.5. The molecule has 0 saturated carbocycles. The molecule has 0 aliphatic heterocycles. The molecular weight excluding hydrogens is 532 g/mol. The van der Waals surface area contributed by atoms with Gasteiger partial charge in [0.2, 0.25) is 0 Å². The number of imidazole rings is 1. The van der Waals surface area contributed by atoms with Crippen molar-refractivity contribution in [1.82, 2.24) is 9.55 Å². The van der Waals surface area contributed by atoms with Crippen molar-refractivity contribution in [3.05, 3.63) is 68.6 Å². The van der Waals surface area contributed by atoms with Crippen molar-refractivity contribution in [2.24, 2.45) is 7.05 Å². The molecular formula is C26H27BrN2O5S. The number of aryl methyl sites for hydroxylation is 2. The molecule has 0 bridgehead atoms. The molecule has 0 aliphatic carbocycles. The standard InChI is InChI=1S/C26H27BrN2O5S/c1-4-32-26(30)12-6-17-5-7-19(14-23(17)34-15-20-9-11-24(27)35-20)33-16-25-28-21-10-8-18(31-3)13-22(21)29(25)2/h5,7-11,13-14H,4,6,12,15-16H2,1-3H3. The van der Waals surface area contributed by atoms with Crippen molar-refractivity contribution in [2.45, 2.75) is 33.0 Å². The van der Waals surface area contributed by atoms with Gasteiger partial charge in [0.05, 0.1) is 28.5 Å². The molecule has 7 nitrogen and oxygen atoms in total. The van der Waals surface area contributed by atoms with E-state index in [0.29, 0.717) is 37.7 Å². The summed E-state index contributed by atoms with van der Waals surface area (Å²) in [7, 11) is 3.61. The molecule has 2 aromatic heterocycles. The molecule has 4 aromatic rings. The second-order valence-corrected chi connectivity index (χ2v) is 10.3. The fraction of sp³-hybridized carbons (Fsp3) is 0.308. The van der Waals surface area contributed by atoms with Crippen LogP contribution in [0.4, 0.5) is 0 Å². The normalized spacial score (nSPS) is 11.0. The molecule has 0 radical (unpaired) electrons. The maximum Gasteiger partial charge on any atom is 0.306 e. The van der Waals surface area contributed by atoms with E-state index in [9.17, 15) is 4.79 Å². The zero-order valence-electron chi connectivity index (χ0n) is 19.9. The molecule has 0 N–H and O–H groups in total. The second-order valence-electron chi connectivity index (χ2n) is 7.80. The molecule has 0 aliphatic rings. The number of carbonyl (C=O) groups excluding carboxylic acids is 1. The highest BCUT2D eigenvalue weighted by Gasteiger charge is 2.13. The Balaban J connectivity index is 1.50. The maximum atomic E-state index is 11.9. The molecule has 2 heterocycles. The smallest absolute Gasteiger partial charge is 0.306 e. The van der Waals surface area contributed by atoms with Gasteiger partial charge in [-0.15, -0.1) is 11.3 Å². The average molecular weight is 559 g/mol. The van der Waals surface area contributed by atoms with E-state index in [4.69, 9.17) is 18.9 Å². The van der Waals surface area contributed by atoms with Crippen LogP contribution in [0.2, 0.25) is 0 Å². The van der Waals surface area contributed by atoms with Gasteiger partial charge in [0.25, 0.3) is 0 Å². The predicted molar refractivity (Wildman–Crippen MR) is 139 cm³/mol. The molecule has 0 saturated heterocycles. The lowest BCUT2D eigenvalue weighted by Gasteiger charge is -2.14. The molecule has 9 heteroatoms. The topological polar surface area (TPSA) is 71.8 Å². The number of fused-ring (bicyclic) bond motifs is 1. The molecule has 0 fully saturated rings. The van der Waals surface area contributed by atoms with E-state index in [0.717, 1.165) is 36.8 Å². The van der Waals surface area contributed by atoms with E-state index in [1.54, 1.807) is 25.4 Å². The quantitative estimate of drug-likeness (QED) is 0.208. The minimum absolute atomic E-state index is 0.223. The number of hydrogen-bond donors (Lipinski definition) is 0. The number of ether oxygens (including phenoxy) is 4. The molecule has 0 amide bonds. The highest BCUT2D eigenvalue weighted by Crippen LogP contribution is 2.30. The molecule has 2 aromatic carbocycles. The Morgan fingerprint density at radius 2 is 1.89 bits per heavy atom. The first-order valence-electron chi connectivity index (χ1n) is 11.2. The van der Waals surface area contributed by atoms with Crippen molar-refractivity contribution < 1.29 is 23.7 Å². The average Bonchev–Trinajstić information content (AvgIpc) is 3.42. The van der Waals surface area contributed by atoms with Gasteiger partial charge in [-0.2, -0.15) is 0 Å². The summed E-state index contributed by atoms with van der Waals surface area (Å²) in [4.78, 5) is 17.7. The van der Waals surface area contributed by atoms with Crippen LogP contribution in [0.1, 0.15) is 29.6 Å². The first-order chi connectivity index (χ1) is 17.0. The van der Waals surface area contributed by atoms with Crippen molar-refractivity contribution in [2.75, 3.05) is 13.7 Å². The number of aromatic nitrogens is 2. The largest absolute Gasteiger partial charge is 0.497 e. The van der Waals surface area contributed by atoms with Gasteiger partial charge < -0.3 is 23.5 Å². The Kier molecular flexibility index (Phi) is 8.30. The lowest BCUT2D eigenvalue weighted by atomic mass is 10.1. The zero-order chi connectivity index (χ0) is 24.8. The molecule has 0 atom stereocenters. The lowest BCUT2D eigenvalue weighted by molar-refractivity contribution is -0.143. The molecule has 0 unspecified atom stereocenters. The Labute approximate surface area is 216 Å². The summed E-state index contributed by atoms with van der Waals surface area (Å²) in [6.45, 7) is 2.90. The number of methoxy groups -OCH3 is 1. The summed E-state index contributed by atoms with van der Waals surface area (Å²) in [5.74, 6) is 2.71.